The number of nitrogens with zero attached hydrogens (tertiary/aromatic N) is 8. The molecule has 12 rings (SSSR count). The molecule has 8 aliphatic rings. The Morgan fingerprint density at radius 1 is 0.375 bits per heavy atom. The zero-order valence-electron chi connectivity index (χ0n) is 48.2. The molecule has 12 nitrogen and oxygen atoms in total. The summed E-state index contributed by atoms with van der Waals surface area (Å²) in [6.07, 6.45) is 16.0. The van der Waals surface area contributed by atoms with E-state index in [9.17, 15) is 19.2 Å². The lowest BCUT2D eigenvalue weighted by atomic mass is 9.79. The molecule has 0 N–H and O–H groups in total. The fraction of sp³-hybridized carbons (Fsp3) is 0.562. The number of piperidine rings is 4. The Morgan fingerprint density at radius 2 is 0.588 bits per heavy atom. The van der Waals surface area contributed by atoms with Gasteiger partial charge in [0.25, 0.3) is 0 Å². The number of carbonyl (C=O) groups excluding carboxylic acids is 4. The lowest BCUT2D eigenvalue weighted by molar-refractivity contribution is -0.128. The Hall–Kier alpha value is -4.52. The first kappa shape index (κ1) is 60.1. The van der Waals surface area contributed by atoms with Gasteiger partial charge in [0.15, 0.2) is 0 Å². The molecule has 12 heterocycles. The van der Waals surface area contributed by atoms with Gasteiger partial charge in [-0.25, -0.2) is 0 Å². The van der Waals surface area contributed by atoms with Gasteiger partial charge in [-0.1, -0.05) is 26.3 Å². The second-order valence-electron chi connectivity index (χ2n) is 24.0. The maximum atomic E-state index is 12.0. The van der Waals surface area contributed by atoms with Crippen molar-refractivity contribution >= 4 is 69.0 Å². The van der Waals surface area contributed by atoms with Crippen LogP contribution in [0.1, 0.15) is 117 Å². The number of amides is 4. The van der Waals surface area contributed by atoms with Crippen LogP contribution in [0.25, 0.3) is 0 Å². The van der Waals surface area contributed by atoms with Crippen LogP contribution in [0.2, 0.25) is 0 Å². The van der Waals surface area contributed by atoms with Crippen LogP contribution in [0.15, 0.2) is 96.4 Å². The molecule has 4 aromatic heterocycles. The largest absolute Gasteiger partial charge is 0.333 e. The molecular formula is C64H88N8O4S4. The fourth-order valence-electron chi connectivity index (χ4n) is 14.5. The lowest BCUT2D eigenvalue weighted by Gasteiger charge is -2.40. The quantitative estimate of drug-likeness (QED) is 0.161. The van der Waals surface area contributed by atoms with E-state index in [1.807, 2.05) is 19.6 Å². The van der Waals surface area contributed by atoms with E-state index < -0.39 is 0 Å². The second kappa shape index (κ2) is 28.2. The first-order valence-electron chi connectivity index (χ1n) is 29.4. The van der Waals surface area contributed by atoms with Crippen molar-refractivity contribution < 1.29 is 19.2 Å². The zero-order chi connectivity index (χ0) is 56.5. The number of hydrogen-bond acceptors (Lipinski definition) is 12. The Kier molecular flexibility index (Phi) is 21.2. The van der Waals surface area contributed by atoms with Crippen molar-refractivity contribution in [3.63, 3.8) is 0 Å². The zero-order valence-corrected chi connectivity index (χ0v) is 51.5. The van der Waals surface area contributed by atoms with Crippen molar-refractivity contribution in [3.05, 3.63) is 138 Å². The maximum absolute atomic E-state index is 12.0. The van der Waals surface area contributed by atoms with Crippen LogP contribution >= 0.6 is 45.3 Å². The number of likely N-dealkylation sites (tertiary alicyclic amines) is 4. The average Bonchev–Trinajstić information content (AvgIpc) is 4.40. The predicted octanol–water partition coefficient (Wildman–Crippen LogP) is 10.8. The monoisotopic (exact) mass is 1160 g/mol. The minimum atomic E-state index is 0.0678. The number of fused-ring (bicyclic) bond motifs is 4. The highest BCUT2D eigenvalue weighted by atomic mass is 32.1. The summed E-state index contributed by atoms with van der Waals surface area (Å²) in [6, 6.07) is 9.09. The third-order valence-electron chi connectivity index (χ3n) is 18.6. The summed E-state index contributed by atoms with van der Waals surface area (Å²) < 4.78 is 0. The number of carbonyl (C=O) groups is 4. The van der Waals surface area contributed by atoms with Crippen molar-refractivity contribution in [1.82, 2.24) is 39.2 Å². The van der Waals surface area contributed by atoms with Crippen LogP contribution in [0.4, 0.5) is 0 Å². The van der Waals surface area contributed by atoms with Gasteiger partial charge in [0, 0.05) is 95.5 Å². The molecule has 4 amide bonds. The van der Waals surface area contributed by atoms with E-state index >= 15 is 0 Å². The van der Waals surface area contributed by atoms with E-state index in [1.165, 1.54) is 144 Å². The van der Waals surface area contributed by atoms with Gasteiger partial charge in [-0.15, -0.1) is 45.3 Å². The van der Waals surface area contributed by atoms with Crippen molar-refractivity contribution in [3.8, 4) is 0 Å². The normalized spacial score (nSPS) is 27.1. The number of rotatable bonds is 8. The van der Waals surface area contributed by atoms with Crippen molar-refractivity contribution in [1.29, 1.82) is 0 Å². The Balaban J connectivity index is 0.000000129. The Labute approximate surface area is 494 Å². The fourth-order valence-corrected chi connectivity index (χ4v) is 18.3. The molecule has 432 valence electrons. The standard InChI is InChI=1S/4C16H22N2OS/c4*1-3-16(19)18-10-14(12-5-4-7-17(2)9-12)13-6-8-20-15(13)11-18/h4*3,6,8,12,14H,1,4-5,7,9-11H2,2H3/t2*12-,14+;2*12-,14-/m1010/s1. The molecule has 8 atom stereocenters. The van der Waals surface area contributed by atoms with Crippen LogP contribution in [0, 0.1) is 23.7 Å². The second-order valence-corrected chi connectivity index (χ2v) is 28.0. The van der Waals surface area contributed by atoms with E-state index in [0.29, 0.717) is 47.3 Å². The number of hydrogen-bond donors (Lipinski definition) is 0. The highest BCUT2D eigenvalue weighted by molar-refractivity contribution is 7.11. The van der Waals surface area contributed by atoms with E-state index in [2.05, 4.69) is 120 Å². The van der Waals surface area contributed by atoms with Gasteiger partial charge < -0.3 is 39.2 Å². The number of thiophene rings is 4. The van der Waals surface area contributed by atoms with E-state index in [-0.39, 0.29) is 23.6 Å². The van der Waals surface area contributed by atoms with Gasteiger partial charge in [0.1, 0.15) is 0 Å². The highest BCUT2D eigenvalue weighted by Crippen LogP contribution is 2.44. The van der Waals surface area contributed by atoms with Crippen molar-refractivity contribution in [2.75, 3.05) is 107 Å². The predicted molar refractivity (Wildman–Crippen MR) is 332 cm³/mol. The SMILES string of the molecule is C=CC(=O)N1Cc2sccc2[C@@H]([C@@H]2CCCN(C)C2)C1.C=CC(=O)N1Cc2sccc2[C@@H]([C@H]2CCCN(C)C2)C1.C=CC(=O)N1Cc2sccc2[C@H]([C@@H]2CCCN(C)C2)C1.C=CC(=O)N1Cc2sccc2[C@H]([C@H]2CCCN(C)C2)C1. The summed E-state index contributed by atoms with van der Waals surface area (Å²) in [4.78, 5) is 71.0. The summed E-state index contributed by atoms with van der Waals surface area (Å²) in [6.45, 7) is 30.4. The molecule has 0 aromatic carbocycles. The lowest BCUT2D eigenvalue weighted by Crippen LogP contribution is -2.43. The summed E-state index contributed by atoms with van der Waals surface area (Å²) in [5, 5.41) is 8.69. The maximum Gasteiger partial charge on any atom is 0.246 e. The molecule has 8 aliphatic heterocycles. The van der Waals surface area contributed by atoms with Crippen LogP contribution in [-0.4, -0.2) is 170 Å². The smallest absolute Gasteiger partial charge is 0.246 e. The third kappa shape index (κ3) is 14.4. The molecule has 80 heavy (non-hydrogen) atoms. The van der Waals surface area contributed by atoms with Gasteiger partial charge in [-0.3, -0.25) is 19.2 Å². The molecule has 16 heteroatoms. The van der Waals surface area contributed by atoms with Gasteiger partial charge in [-0.05, 0) is 222 Å². The van der Waals surface area contributed by atoms with Crippen LogP contribution in [-0.2, 0) is 45.4 Å². The molecular weight excluding hydrogens is 1070 g/mol. The summed E-state index contributed by atoms with van der Waals surface area (Å²) in [7, 11) is 8.82. The molecule has 0 aliphatic carbocycles. The van der Waals surface area contributed by atoms with Crippen LogP contribution in [0.3, 0.4) is 0 Å². The van der Waals surface area contributed by atoms with Gasteiger partial charge in [0.05, 0.1) is 26.2 Å². The molecule has 4 aromatic rings. The molecule has 4 saturated heterocycles. The molecule has 4 fully saturated rings. The van der Waals surface area contributed by atoms with Gasteiger partial charge in [-0.2, -0.15) is 0 Å². The first-order valence-corrected chi connectivity index (χ1v) is 32.9. The van der Waals surface area contributed by atoms with Crippen LogP contribution in [0.5, 0.6) is 0 Å². The highest BCUT2D eigenvalue weighted by Gasteiger charge is 2.39. The minimum absolute atomic E-state index is 0.0678. The molecule has 0 spiro atoms. The minimum Gasteiger partial charge on any atom is -0.333 e. The summed E-state index contributed by atoms with van der Waals surface area (Å²) in [5.74, 6) is 4.93. The molecule has 0 unspecified atom stereocenters. The van der Waals surface area contributed by atoms with Crippen LogP contribution < -0.4 is 0 Å². The Morgan fingerprint density at radius 3 is 0.775 bits per heavy atom. The topological polar surface area (TPSA) is 94.2 Å². The van der Waals surface area contributed by atoms with Gasteiger partial charge >= 0.3 is 0 Å². The molecule has 0 radical (unpaired) electrons. The summed E-state index contributed by atoms with van der Waals surface area (Å²) in [5.41, 5.74) is 5.96. The van der Waals surface area contributed by atoms with E-state index in [4.69, 9.17) is 0 Å². The van der Waals surface area contributed by atoms with Crippen molar-refractivity contribution in [2.45, 2.75) is 101 Å². The molecule has 0 bridgehead atoms. The van der Waals surface area contributed by atoms with E-state index in [0.717, 1.165) is 78.5 Å². The first-order chi connectivity index (χ1) is 38.7. The Bertz CT molecular complexity index is 2410. The van der Waals surface area contributed by atoms with Gasteiger partial charge in [0.2, 0.25) is 23.6 Å². The van der Waals surface area contributed by atoms with E-state index in [1.54, 1.807) is 45.3 Å². The summed E-state index contributed by atoms with van der Waals surface area (Å²) >= 11 is 7.14. The van der Waals surface area contributed by atoms with Crippen molar-refractivity contribution in [2.24, 2.45) is 23.7 Å². The molecule has 0 saturated carbocycles. The third-order valence-corrected chi connectivity index (χ3v) is 22.3. The average molecular weight is 1160 g/mol.